The number of fused-ring (bicyclic) bond motifs is 5. The lowest BCUT2D eigenvalue weighted by atomic mass is 9.44. The van der Waals surface area contributed by atoms with Gasteiger partial charge in [0.1, 0.15) is 5.78 Å². The second-order valence-corrected chi connectivity index (χ2v) is 12.5. The highest BCUT2D eigenvalue weighted by Crippen LogP contribution is 2.67. The van der Waals surface area contributed by atoms with Crippen molar-refractivity contribution in [3.05, 3.63) is 0 Å². The van der Waals surface area contributed by atoms with Gasteiger partial charge in [0, 0.05) is 12.3 Å². The molecule has 8 atom stereocenters. The van der Waals surface area contributed by atoms with Gasteiger partial charge in [-0.3, -0.25) is 4.79 Å². The zero-order chi connectivity index (χ0) is 21.7. The molecule has 0 aliphatic heterocycles. The first-order valence-electron chi connectivity index (χ1n) is 12.9. The van der Waals surface area contributed by atoms with E-state index in [2.05, 4.69) is 39.8 Å². The highest BCUT2D eigenvalue weighted by molar-refractivity contribution is 5.93. The molecular weight excluding hydrogens is 370 g/mol. The number of nitrogens with zero attached hydrogens (tertiary/aromatic N) is 1. The Bertz CT molecular complexity index is 684. The van der Waals surface area contributed by atoms with Crippen molar-refractivity contribution in [2.75, 3.05) is 0 Å². The predicted octanol–water partition coefficient (Wildman–Crippen LogP) is 7.12. The second-order valence-electron chi connectivity index (χ2n) is 12.5. The number of rotatable bonds is 5. The molecule has 0 spiro atoms. The molecule has 4 rings (SSSR count). The Hall–Kier alpha value is -0.860. The van der Waals surface area contributed by atoms with Crippen molar-refractivity contribution in [1.29, 1.82) is 0 Å². The first kappa shape index (κ1) is 22.3. The van der Waals surface area contributed by atoms with Crippen LogP contribution in [0.25, 0.3) is 0 Å². The number of carbonyl (C=O) groups excluding carboxylic acids is 1. The van der Waals surface area contributed by atoms with Gasteiger partial charge in [0.25, 0.3) is 0 Å². The van der Waals surface area contributed by atoms with E-state index < -0.39 is 0 Å². The van der Waals surface area contributed by atoms with E-state index in [1.54, 1.807) is 0 Å². The largest absolute Gasteiger partial charge is 0.411 e. The van der Waals surface area contributed by atoms with Crippen LogP contribution in [0.1, 0.15) is 105 Å². The molecule has 0 aromatic heterocycles. The summed E-state index contributed by atoms with van der Waals surface area (Å²) in [5.74, 6) is 5.06. The van der Waals surface area contributed by atoms with E-state index in [9.17, 15) is 10.0 Å². The lowest BCUT2D eigenvalue weighted by Gasteiger charge is -2.60. The van der Waals surface area contributed by atoms with E-state index in [4.69, 9.17) is 0 Å². The molecule has 3 nitrogen and oxygen atoms in total. The molecule has 4 saturated carbocycles. The summed E-state index contributed by atoms with van der Waals surface area (Å²) in [6.07, 6.45) is 12.9. The van der Waals surface area contributed by atoms with Crippen molar-refractivity contribution in [2.24, 2.45) is 57.4 Å². The minimum atomic E-state index is 0.0925. The highest BCUT2D eigenvalue weighted by Gasteiger charge is 2.62. The van der Waals surface area contributed by atoms with E-state index >= 15 is 0 Å². The average Bonchev–Trinajstić information content (AvgIpc) is 3.05. The zero-order valence-corrected chi connectivity index (χ0v) is 20.1. The average molecular weight is 416 g/mol. The van der Waals surface area contributed by atoms with Gasteiger partial charge in [0.05, 0.1) is 5.71 Å². The van der Waals surface area contributed by atoms with Gasteiger partial charge in [-0.05, 0) is 91.3 Å². The van der Waals surface area contributed by atoms with Crippen molar-refractivity contribution < 1.29 is 10.0 Å². The van der Waals surface area contributed by atoms with E-state index in [0.717, 1.165) is 48.6 Å². The lowest BCUT2D eigenvalue weighted by Crippen LogP contribution is -2.56. The Morgan fingerprint density at radius 2 is 1.73 bits per heavy atom. The normalized spacial score (nSPS) is 45.9. The van der Waals surface area contributed by atoms with Crippen molar-refractivity contribution in [2.45, 2.75) is 105 Å². The quantitative estimate of drug-likeness (QED) is 0.384. The highest BCUT2D eigenvalue weighted by atomic mass is 16.4. The van der Waals surface area contributed by atoms with Crippen LogP contribution in [0, 0.1) is 52.3 Å². The number of oxime groups is 1. The monoisotopic (exact) mass is 415 g/mol. The lowest BCUT2D eigenvalue weighted by molar-refractivity contribution is -0.150. The molecule has 30 heavy (non-hydrogen) atoms. The Balaban J connectivity index is 1.51. The number of hydrogen-bond acceptors (Lipinski definition) is 3. The second kappa shape index (κ2) is 8.24. The Morgan fingerprint density at radius 3 is 2.43 bits per heavy atom. The number of Topliss-reactive ketones (excluding diaryl/α,β-unsaturated/α-hetero) is 1. The summed E-state index contributed by atoms with van der Waals surface area (Å²) in [5, 5.41) is 12.8. The summed E-state index contributed by atoms with van der Waals surface area (Å²) in [6, 6.07) is 0. The number of carbonyl (C=O) groups is 1. The van der Waals surface area contributed by atoms with Crippen molar-refractivity contribution in [3.8, 4) is 0 Å². The summed E-state index contributed by atoms with van der Waals surface area (Å²) >= 11 is 0. The van der Waals surface area contributed by atoms with E-state index in [-0.39, 0.29) is 11.3 Å². The van der Waals surface area contributed by atoms with E-state index in [1.165, 1.54) is 44.9 Å². The van der Waals surface area contributed by atoms with E-state index in [1.807, 2.05) is 0 Å². The summed E-state index contributed by atoms with van der Waals surface area (Å²) in [4.78, 5) is 13.3. The smallest absolute Gasteiger partial charge is 0.137 e. The standard InChI is InChI=1S/C27H45NO2/c1-17(2)7-6-8-18(3)21-9-10-22-20-16-25(29)24-15-19(28-30)11-13-27(24,5)23(20)12-14-26(21,22)4/h17-18,20-24,30H,6-16H2,1-5H3/b28-19+/t18?,20?,21?,22?,23?,24?,26-,27-/m1/s1. The SMILES string of the molecule is CC(C)CCCC(C)C1CCC2C3CC(=O)C4C/C(=N/O)CC[C@]4(C)C3CC[C@]12C. The van der Waals surface area contributed by atoms with Gasteiger partial charge < -0.3 is 5.21 Å². The minimum Gasteiger partial charge on any atom is -0.411 e. The van der Waals surface area contributed by atoms with Gasteiger partial charge in [0.15, 0.2) is 0 Å². The molecule has 0 aromatic carbocycles. The summed E-state index contributed by atoms with van der Waals surface area (Å²) in [5.41, 5.74) is 1.41. The van der Waals surface area contributed by atoms with Crippen LogP contribution >= 0.6 is 0 Å². The van der Waals surface area contributed by atoms with Crippen molar-refractivity contribution >= 4 is 11.5 Å². The molecule has 0 saturated heterocycles. The molecule has 3 heteroatoms. The number of ketones is 1. The maximum Gasteiger partial charge on any atom is 0.137 e. The molecule has 1 N–H and O–H groups in total. The Labute approximate surface area is 184 Å². The van der Waals surface area contributed by atoms with Gasteiger partial charge in [-0.1, -0.05) is 59.0 Å². The maximum absolute atomic E-state index is 13.3. The van der Waals surface area contributed by atoms with Crippen molar-refractivity contribution in [3.63, 3.8) is 0 Å². The maximum atomic E-state index is 13.3. The third-order valence-electron chi connectivity index (χ3n) is 10.6. The first-order valence-corrected chi connectivity index (χ1v) is 12.9. The molecular formula is C27H45NO2. The van der Waals surface area contributed by atoms with Crippen LogP contribution in [-0.4, -0.2) is 16.7 Å². The fourth-order valence-electron chi connectivity index (χ4n) is 8.97. The Kier molecular flexibility index (Phi) is 6.14. The van der Waals surface area contributed by atoms with Gasteiger partial charge in [-0.2, -0.15) is 0 Å². The summed E-state index contributed by atoms with van der Waals surface area (Å²) < 4.78 is 0. The molecule has 4 aliphatic rings. The van der Waals surface area contributed by atoms with Crippen LogP contribution in [0.2, 0.25) is 0 Å². The van der Waals surface area contributed by atoms with Crippen LogP contribution in [0.5, 0.6) is 0 Å². The van der Waals surface area contributed by atoms with Crippen LogP contribution in [0.15, 0.2) is 5.16 Å². The molecule has 4 aliphatic carbocycles. The molecule has 0 radical (unpaired) electrons. The minimum absolute atomic E-state index is 0.0925. The third-order valence-corrected chi connectivity index (χ3v) is 10.6. The zero-order valence-electron chi connectivity index (χ0n) is 20.1. The first-order chi connectivity index (χ1) is 14.2. The predicted molar refractivity (Wildman–Crippen MR) is 123 cm³/mol. The topological polar surface area (TPSA) is 49.7 Å². The van der Waals surface area contributed by atoms with Crippen LogP contribution in [0.3, 0.4) is 0 Å². The molecule has 0 heterocycles. The number of hydrogen-bond donors (Lipinski definition) is 1. The molecule has 4 fully saturated rings. The van der Waals surface area contributed by atoms with Crippen LogP contribution < -0.4 is 0 Å². The van der Waals surface area contributed by atoms with Crippen LogP contribution in [0.4, 0.5) is 0 Å². The van der Waals surface area contributed by atoms with E-state index in [0.29, 0.717) is 29.5 Å². The van der Waals surface area contributed by atoms with Crippen molar-refractivity contribution in [1.82, 2.24) is 0 Å². The van der Waals surface area contributed by atoms with Gasteiger partial charge in [-0.15, -0.1) is 0 Å². The Morgan fingerprint density at radius 1 is 1.00 bits per heavy atom. The summed E-state index contributed by atoms with van der Waals surface area (Å²) in [7, 11) is 0. The summed E-state index contributed by atoms with van der Waals surface area (Å²) in [6.45, 7) is 12.2. The third kappa shape index (κ3) is 3.56. The molecule has 0 amide bonds. The molecule has 170 valence electrons. The van der Waals surface area contributed by atoms with Gasteiger partial charge >= 0.3 is 0 Å². The molecule has 6 unspecified atom stereocenters. The van der Waals surface area contributed by atoms with Gasteiger partial charge in [-0.25, -0.2) is 0 Å². The van der Waals surface area contributed by atoms with Crippen LogP contribution in [-0.2, 0) is 4.79 Å². The molecule has 0 bridgehead atoms. The fraction of sp³-hybridized carbons (Fsp3) is 0.926. The molecule has 0 aromatic rings. The fourth-order valence-corrected chi connectivity index (χ4v) is 8.97. The van der Waals surface area contributed by atoms with Gasteiger partial charge in [0.2, 0.25) is 0 Å².